The third kappa shape index (κ3) is 3.25. The van der Waals surface area contributed by atoms with Crippen LogP contribution >= 0.6 is 0 Å². The van der Waals surface area contributed by atoms with Gasteiger partial charge in [0.25, 0.3) is 0 Å². The molecule has 104 valence electrons. The molecular formula is C15H20FNO2. The number of nitrogens with one attached hydrogen (secondary N) is 1. The molecule has 1 aromatic rings. The molecule has 4 heteroatoms. The zero-order valence-corrected chi connectivity index (χ0v) is 11.4. The van der Waals surface area contributed by atoms with Crippen molar-refractivity contribution in [1.29, 1.82) is 0 Å². The maximum absolute atomic E-state index is 13.4. The molecule has 0 aliphatic heterocycles. The van der Waals surface area contributed by atoms with Crippen LogP contribution in [0.25, 0.3) is 0 Å². The van der Waals surface area contributed by atoms with Gasteiger partial charge in [0, 0.05) is 5.69 Å². The second-order valence-corrected chi connectivity index (χ2v) is 5.78. The number of carboxylic acid groups (broad SMARTS) is 1. The average molecular weight is 265 g/mol. The zero-order chi connectivity index (χ0) is 14.0. The highest BCUT2D eigenvalue weighted by atomic mass is 19.1. The summed E-state index contributed by atoms with van der Waals surface area (Å²) in [6, 6.07) is 4.54. The Hall–Kier alpha value is -1.58. The van der Waals surface area contributed by atoms with Gasteiger partial charge in [0.2, 0.25) is 0 Å². The Bertz CT molecular complexity index is 465. The molecule has 1 aromatic carbocycles. The fourth-order valence-electron chi connectivity index (χ4n) is 2.59. The number of carbonyl (C=O) groups is 1. The van der Waals surface area contributed by atoms with E-state index in [-0.39, 0.29) is 5.82 Å². The number of aliphatic carboxylic acids is 1. The molecule has 2 rings (SSSR count). The number of hydrogen-bond acceptors (Lipinski definition) is 2. The third-order valence-corrected chi connectivity index (χ3v) is 3.86. The number of aryl methyl sites for hydroxylation is 1. The van der Waals surface area contributed by atoms with Crippen molar-refractivity contribution in [2.24, 2.45) is 5.92 Å². The molecule has 2 N–H and O–H groups in total. The van der Waals surface area contributed by atoms with E-state index in [0.29, 0.717) is 18.0 Å². The SMILES string of the molecule is Cc1cc(F)cc(NC(C)(CC2CCC2)C(=O)O)c1. The van der Waals surface area contributed by atoms with Crippen LogP contribution in [-0.2, 0) is 4.79 Å². The van der Waals surface area contributed by atoms with Crippen molar-refractivity contribution in [3.05, 3.63) is 29.6 Å². The van der Waals surface area contributed by atoms with Gasteiger partial charge in [0.15, 0.2) is 0 Å². The van der Waals surface area contributed by atoms with E-state index in [1.54, 1.807) is 19.9 Å². The van der Waals surface area contributed by atoms with Crippen LogP contribution < -0.4 is 5.32 Å². The van der Waals surface area contributed by atoms with Crippen LogP contribution in [0.15, 0.2) is 18.2 Å². The van der Waals surface area contributed by atoms with Crippen molar-refractivity contribution in [1.82, 2.24) is 0 Å². The molecule has 0 bridgehead atoms. The van der Waals surface area contributed by atoms with Crippen LogP contribution in [0.3, 0.4) is 0 Å². The first-order chi connectivity index (χ1) is 8.89. The van der Waals surface area contributed by atoms with Gasteiger partial charge >= 0.3 is 5.97 Å². The summed E-state index contributed by atoms with van der Waals surface area (Å²) < 4.78 is 13.4. The lowest BCUT2D eigenvalue weighted by molar-refractivity contribution is -0.142. The van der Waals surface area contributed by atoms with Crippen molar-refractivity contribution >= 4 is 11.7 Å². The number of benzene rings is 1. The van der Waals surface area contributed by atoms with Crippen LogP contribution in [0.5, 0.6) is 0 Å². The quantitative estimate of drug-likeness (QED) is 0.855. The van der Waals surface area contributed by atoms with E-state index in [9.17, 15) is 14.3 Å². The van der Waals surface area contributed by atoms with Gasteiger partial charge in [-0.15, -0.1) is 0 Å². The van der Waals surface area contributed by atoms with Crippen molar-refractivity contribution in [2.75, 3.05) is 5.32 Å². The summed E-state index contributed by atoms with van der Waals surface area (Å²) in [5.41, 5.74) is 0.270. The molecule has 1 saturated carbocycles. The Morgan fingerprint density at radius 1 is 1.47 bits per heavy atom. The molecule has 19 heavy (non-hydrogen) atoms. The second-order valence-electron chi connectivity index (χ2n) is 5.78. The summed E-state index contributed by atoms with van der Waals surface area (Å²) in [6.07, 6.45) is 3.94. The largest absolute Gasteiger partial charge is 0.480 e. The summed E-state index contributed by atoms with van der Waals surface area (Å²) in [5.74, 6) is -0.775. The first kappa shape index (κ1) is 13.8. The van der Waals surface area contributed by atoms with E-state index in [4.69, 9.17) is 0 Å². The minimum Gasteiger partial charge on any atom is -0.480 e. The van der Waals surface area contributed by atoms with Crippen LogP contribution in [0.4, 0.5) is 10.1 Å². The van der Waals surface area contributed by atoms with Gasteiger partial charge < -0.3 is 10.4 Å². The number of anilines is 1. The monoisotopic (exact) mass is 265 g/mol. The van der Waals surface area contributed by atoms with E-state index in [1.165, 1.54) is 18.6 Å². The van der Waals surface area contributed by atoms with Gasteiger partial charge in [0.1, 0.15) is 11.4 Å². The summed E-state index contributed by atoms with van der Waals surface area (Å²) in [6.45, 7) is 3.46. The van der Waals surface area contributed by atoms with Crippen molar-refractivity contribution in [2.45, 2.75) is 45.1 Å². The average Bonchev–Trinajstić information content (AvgIpc) is 2.22. The smallest absolute Gasteiger partial charge is 0.329 e. The van der Waals surface area contributed by atoms with Gasteiger partial charge in [-0.25, -0.2) is 9.18 Å². The summed E-state index contributed by atoms with van der Waals surface area (Å²) in [5, 5.41) is 12.4. The minimum atomic E-state index is -1.04. The van der Waals surface area contributed by atoms with Gasteiger partial charge in [-0.1, -0.05) is 19.3 Å². The van der Waals surface area contributed by atoms with Gasteiger partial charge in [-0.2, -0.15) is 0 Å². The fraction of sp³-hybridized carbons (Fsp3) is 0.533. The molecule has 1 unspecified atom stereocenters. The Kier molecular flexibility index (Phi) is 3.78. The lowest BCUT2D eigenvalue weighted by Gasteiger charge is -2.35. The second kappa shape index (κ2) is 5.19. The Balaban J connectivity index is 2.17. The number of hydrogen-bond donors (Lipinski definition) is 2. The normalized spacial score (nSPS) is 18.5. The molecule has 1 fully saturated rings. The molecule has 1 aliphatic rings. The first-order valence-electron chi connectivity index (χ1n) is 6.68. The van der Waals surface area contributed by atoms with E-state index >= 15 is 0 Å². The molecule has 0 amide bonds. The minimum absolute atomic E-state index is 0.348. The van der Waals surface area contributed by atoms with E-state index in [2.05, 4.69) is 5.32 Å². The highest BCUT2D eigenvalue weighted by molar-refractivity contribution is 5.82. The molecule has 0 saturated heterocycles. The molecule has 0 aromatic heterocycles. The lowest BCUT2D eigenvalue weighted by Crippen LogP contribution is -2.45. The summed E-state index contributed by atoms with van der Waals surface area (Å²) >= 11 is 0. The maximum atomic E-state index is 13.4. The van der Waals surface area contributed by atoms with E-state index < -0.39 is 11.5 Å². The van der Waals surface area contributed by atoms with Crippen molar-refractivity contribution in [3.8, 4) is 0 Å². The van der Waals surface area contributed by atoms with Gasteiger partial charge in [0.05, 0.1) is 0 Å². The Labute approximate surface area is 112 Å². The molecule has 0 heterocycles. The number of halogens is 1. The molecule has 1 aliphatic carbocycles. The van der Waals surface area contributed by atoms with Crippen LogP contribution in [-0.4, -0.2) is 16.6 Å². The standard InChI is InChI=1S/C15H20FNO2/c1-10-6-12(16)8-13(7-10)17-15(2,14(18)19)9-11-4-3-5-11/h6-8,11,17H,3-5,9H2,1-2H3,(H,18,19). The predicted molar refractivity (Wildman–Crippen MR) is 72.8 cm³/mol. The lowest BCUT2D eigenvalue weighted by atomic mass is 9.76. The van der Waals surface area contributed by atoms with Crippen molar-refractivity contribution < 1.29 is 14.3 Å². The van der Waals surface area contributed by atoms with E-state index in [0.717, 1.165) is 18.4 Å². The topological polar surface area (TPSA) is 49.3 Å². The number of rotatable bonds is 5. The Morgan fingerprint density at radius 3 is 2.63 bits per heavy atom. The molecule has 1 atom stereocenters. The summed E-state index contributed by atoms with van der Waals surface area (Å²) in [7, 11) is 0. The highest BCUT2D eigenvalue weighted by Crippen LogP contribution is 2.35. The van der Waals surface area contributed by atoms with E-state index in [1.807, 2.05) is 0 Å². The maximum Gasteiger partial charge on any atom is 0.329 e. The third-order valence-electron chi connectivity index (χ3n) is 3.86. The van der Waals surface area contributed by atoms with Crippen molar-refractivity contribution in [3.63, 3.8) is 0 Å². The number of carboxylic acids is 1. The molecule has 3 nitrogen and oxygen atoms in total. The predicted octanol–water partition coefficient (Wildman–Crippen LogP) is 3.58. The van der Waals surface area contributed by atoms with Crippen LogP contribution in [0.1, 0.15) is 38.2 Å². The van der Waals surface area contributed by atoms with Crippen LogP contribution in [0, 0.1) is 18.7 Å². The molecule has 0 radical (unpaired) electrons. The first-order valence-corrected chi connectivity index (χ1v) is 6.68. The van der Waals surface area contributed by atoms with Crippen LogP contribution in [0.2, 0.25) is 0 Å². The molecule has 0 spiro atoms. The van der Waals surface area contributed by atoms with Gasteiger partial charge in [-0.3, -0.25) is 0 Å². The molecular weight excluding hydrogens is 245 g/mol. The Morgan fingerprint density at radius 2 is 2.16 bits per heavy atom. The van der Waals surface area contributed by atoms with Gasteiger partial charge in [-0.05, 0) is 49.9 Å². The summed E-state index contributed by atoms with van der Waals surface area (Å²) in [4.78, 5) is 11.5. The highest BCUT2D eigenvalue weighted by Gasteiger charge is 2.37. The zero-order valence-electron chi connectivity index (χ0n) is 11.4. The fourth-order valence-corrected chi connectivity index (χ4v) is 2.59.